The van der Waals surface area contributed by atoms with E-state index in [1.54, 1.807) is 19.2 Å². The Kier molecular flexibility index (Phi) is 8.40. The standard InChI is InChI=1S/C26H27Cl2N3O3/c1-33-23-7-3-5-20(15-23)24(34-18-19-4-2-6-22(27)14-19)17-30-10-12-31(13-11-30)26(32)21-8-9-25(28)29-16-21/h2-9,14-16,24H,10-13,17-18H2,1H3/t24-/m0/s1. The first kappa shape index (κ1) is 24.5. The van der Waals surface area contributed by atoms with Crippen molar-refractivity contribution in [2.45, 2.75) is 12.7 Å². The fraction of sp³-hybridized carbons (Fsp3) is 0.308. The average molecular weight is 500 g/mol. The lowest BCUT2D eigenvalue weighted by Crippen LogP contribution is -2.49. The van der Waals surface area contributed by atoms with Crippen molar-refractivity contribution >= 4 is 29.1 Å². The van der Waals surface area contributed by atoms with Crippen molar-refractivity contribution in [3.8, 4) is 5.75 Å². The maximum atomic E-state index is 12.8. The summed E-state index contributed by atoms with van der Waals surface area (Å²) in [7, 11) is 1.66. The number of carbonyl (C=O) groups is 1. The number of carbonyl (C=O) groups excluding carboxylic acids is 1. The molecule has 0 unspecified atom stereocenters. The Hall–Kier alpha value is -2.64. The van der Waals surface area contributed by atoms with Gasteiger partial charge in [0.15, 0.2) is 0 Å². The number of ether oxygens (including phenoxy) is 2. The number of benzene rings is 2. The van der Waals surface area contributed by atoms with Crippen molar-refractivity contribution in [1.82, 2.24) is 14.8 Å². The summed E-state index contributed by atoms with van der Waals surface area (Å²) >= 11 is 12.0. The fourth-order valence-electron chi connectivity index (χ4n) is 3.97. The lowest BCUT2D eigenvalue weighted by atomic mass is 10.1. The molecule has 0 spiro atoms. The van der Waals surface area contributed by atoms with E-state index in [-0.39, 0.29) is 12.0 Å². The molecule has 4 rings (SSSR count). The summed E-state index contributed by atoms with van der Waals surface area (Å²) in [6.07, 6.45) is 1.37. The lowest BCUT2D eigenvalue weighted by Gasteiger charge is -2.36. The molecule has 1 amide bonds. The summed E-state index contributed by atoms with van der Waals surface area (Å²) in [5.41, 5.74) is 2.62. The third-order valence-corrected chi connectivity index (χ3v) is 6.32. The molecular formula is C26H27Cl2N3O3. The van der Waals surface area contributed by atoms with Crippen molar-refractivity contribution < 1.29 is 14.3 Å². The number of amides is 1. The van der Waals surface area contributed by atoms with Gasteiger partial charge in [0.25, 0.3) is 5.91 Å². The topological polar surface area (TPSA) is 54.9 Å². The van der Waals surface area contributed by atoms with Crippen LogP contribution in [0.15, 0.2) is 66.9 Å². The zero-order chi connectivity index (χ0) is 23.9. The van der Waals surface area contributed by atoms with Gasteiger partial charge in [0, 0.05) is 43.9 Å². The quantitative estimate of drug-likeness (QED) is 0.403. The second-order valence-electron chi connectivity index (χ2n) is 8.17. The van der Waals surface area contributed by atoms with Crippen LogP contribution < -0.4 is 4.74 Å². The summed E-state index contributed by atoms with van der Waals surface area (Å²) in [4.78, 5) is 21.0. The molecule has 0 aliphatic carbocycles. The molecule has 1 saturated heterocycles. The molecule has 1 aliphatic heterocycles. The van der Waals surface area contributed by atoms with E-state index in [0.717, 1.165) is 30.0 Å². The van der Waals surface area contributed by atoms with Gasteiger partial charge >= 0.3 is 0 Å². The van der Waals surface area contributed by atoms with Crippen molar-refractivity contribution in [3.05, 3.63) is 93.7 Å². The minimum absolute atomic E-state index is 0.0228. The predicted octanol–water partition coefficient (Wildman–Crippen LogP) is 5.11. The van der Waals surface area contributed by atoms with Crippen LogP contribution in [0.4, 0.5) is 0 Å². The Bertz CT molecular complexity index is 1100. The first-order chi connectivity index (χ1) is 16.5. The molecule has 3 aromatic rings. The Morgan fingerprint density at radius 1 is 1.03 bits per heavy atom. The number of rotatable bonds is 8. The van der Waals surface area contributed by atoms with Gasteiger partial charge in [-0.1, -0.05) is 47.5 Å². The zero-order valence-corrected chi connectivity index (χ0v) is 20.5. The molecular weight excluding hydrogens is 473 g/mol. The molecule has 2 heterocycles. The van der Waals surface area contributed by atoms with Crippen molar-refractivity contribution in [1.29, 1.82) is 0 Å². The number of methoxy groups -OCH3 is 1. The Morgan fingerprint density at radius 2 is 1.82 bits per heavy atom. The predicted molar refractivity (Wildman–Crippen MR) is 134 cm³/mol. The molecule has 8 heteroatoms. The van der Waals surface area contributed by atoms with Gasteiger partial charge in [0.2, 0.25) is 0 Å². The number of hydrogen-bond acceptors (Lipinski definition) is 5. The van der Waals surface area contributed by atoms with E-state index in [0.29, 0.717) is 42.0 Å². The van der Waals surface area contributed by atoms with Crippen LogP contribution in [0.1, 0.15) is 27.6 Å². The zero-order valence-electron chi connectivity index (χ0n) is 19.0. The fourth-order valence-corrected chi connectivity index (χ4v) is 4.30. The first-order valence-corrected chi connectivity index (χ1v) is 11.9. The maximum Gasteiger partial charge on any atom is 0.255 e. The van der Waals surface area contributed by atoms with E-state index in [1.165, 1.54) is 6.20 Å². The Balaban J connectivity index is 1.40. The van der Waals surface area contributed by atoms with Gasteiger partial charge in [0.1, 0.15) is 10.9 Å². The molecule has 0 bridgehead atoms. The van der Waals surface area contributed by atoms with Crippen LogP contribution in [0.2, 0.25) is 10.2 Å². The maximum absolute atomic E-state index is 12.8. The van der Waals surface area contributed by atoms with Crippen LogP contribution in [-0.4, -0.2) is 60.5 Å². The molecule has 1 fully saturated rings. The Labute approximate surface area is 210 Å². The molecule has 0 N–H and O–H groups in total. The highest BCUT2D eigenvalue weighted by molar-refractivity contribution is 6.30. The smallest absolute Gasteiger partial charge is 0.255 e. The number of halogens is 2. The summed E-state index contributed by atoms with van der Waals surface area (Å²) in [5, 5.41) is 1.07. The average Bonchev–Trinajstić information content (AvgIpc) is 2.87. The normalized spacial score (nSPS) is 15.2. The molecule has 0 saturated carbocycles. The van der Waals surface area contributed by atoms with Crippen LogP contribution in [-0.2, 0) is 11.3 Å². The van der Waals surface area contributed by atoms with Gasteiger partial charge in [-0.25, -0.2) is 4.98 Å². The number of piperazine rings is 1. The number of nitrogens with zero attached hydrogens (tertiary/aromatic N) is 3. The van der Waals surface area contributed by atoms with Crippen LogP contribution in [0, 0.1) is 0 Å². The van der Waals surface area contributed by atoms with E-state index in [1.807, 2.05) is 47.4 Å². The number of pyridine rings is 1. The SMILES string of the molecule is COc1cccc([C@H](CN2CCN(C(=O)c3ccc(Cl)nc3)CC2)OCc2cccc(Cl)c2)c1. The van der Waals surface area contributed by atoms with E-state index < -0.39 is 0 Å². The van der Waals surface area contributed by atoms with Gasteiger partial charge < -0.3 is 14.4 Å². The highest BCUT2D eigenvalue weighted by Gasteiger charge is 2.25. The molecule has 1 aromatic heterocycles. The summed E-state index contributed by atoms with van der Waals surface area (Å²) < 4.78 is 11.8. The minimum atomic E-state index is -0.156. The Morgan fingerprint density at radius 3 is 2.53 bits per heavy atom. The summed E-state index contributed by atoms with van der Waals surface area (Å²) in [6, 6.07) is 19.0. The van der Waals surface area contributed by atoms with Gasteiger partial charge in [-0.15, -0.1) is 0 Å². The van der Waals surface area contributed by atoms with Crippen molar-refractivity contribution in [2.75, 3.05) is 39.8 Å². The largest absolute Gasteiger partial charge is 0.497 e. The van der Waals surface area contributed by atoms with Crippen molar-refractivity contribution in [2.24, 2.45) is 0 Å². The summed E-state index contributed by atoms with van der Waals surface area (Å²) in [5.74, 6) is 0.770. The van der Waals surface area contributed by atoms with E-state index in [2.05, 4.69) is 16.0 Å². The van der Waals surface area contributed by atoms with E-state index in [9.17, 15) is 4.79 Å². The second-order valence-corrected chi connectivity index (χ2v) is 8.99. The molecule has 2 aromatic carbocycles. The third-order valence-electron chi connectivity index (χ3n) is 5.86. The summed E-state index contributed by atoms with van der Waals surface area (Å²) in [6.45, 7) is 3.95. The minimum Gasteiger partial charge on any atom is -0.497 e. The number of aromatic nitrogens is 1. The van der Waals surface area contributed by atoms with E-state index >= 15 is 0 Å². The molecule has 6 nitrogen and oxygen atoms in total. The molecule has 0 radical (unpaired) electrons. The van der Waals surface area contributed by atoms with Gasteiger partial charge in [0.05, 0.1) is 25.4 Å². The number of hydrogen-bond donors (Lipinski definition) is 0. The molecule has 178 valence electrons. The highest BCUT2D eigenvalue weighted by Crippen LogP contribution is 2.25. The molecule has 1 atom stereocenters. The van der Waals surface area contributed by atoms with Crippen LogP contribution in [0.3, 0.4) is 0 Å². The third kappa shape index (κ3) is 6.48. The lowest BCUT2D eigenvalue weighted by molar-refractivity contribution is 0.00333. The monoisotopic (exact) mass is 499 g/mol. The van der Waals surface area contributed by atoms with Crippen LogP contribution in [0.25, 0.3) is 0 Å². The van der Waals surface area contributed by atoms with Gasteiger partial charge in [-0.3, -0.25) is 9.69 Å². The van der Waals surface area contributed by atoms with Gasteiger partial charge in [-0.05, 0) is 47.5 Å². The second kappa shape index (κ2) is 11.7. The van der Waals surface area contributed by atoms with Gasteiger partial charge in [-0.2, -0.15) is 0 Å². The highest BCUT2D eigenvalue weighted by atomic mass is 35.5. The molecule has 1 aliphatic rings. The van der Waals surface area contributed by atoms with Crippen molar-refractivity contribution in [3.63, 3.8) is 0 Å². The van der Waals surface area contributed by atoms with Crippen LogP contribution in [0.5, 0.6) is 5.75 Å². The van der Waals surface area contributed by atoms with E-state index in [4.69, 9.17) is 32.7 Å². The first-order valence-electron chi connectivity index (χ1n) is 11.1. The molecule has 34 heavy (non-hydrogen) atoms. The van der Waals surface area contributed by atoms with Crippen LogP contribution >= 0.6 is 23.2 Å².